The third-order valence-corrected chi connectivity index (χ3v) is 4.87. The molecule has 2 aromatic rings. The molecule has 1 aromatic carbocycles. The Labute approximate surface area is 153 Å². The molecule has 0 amide bonds. The Morgan fingerprint density at radius 3 is 2.60 bits per heavy atom. The van der Waals surface area contributed by atoms with Crippen LogP contribution in [0.3, 0.4) is 0 Å². The Bertz CT molecular complexity index is 686. The summed E-state index contributed by atoms with van der Waals surface area (Å²) in [6.07, 6.45) is 3.67. The molecule has 5 nitrogen and oxygen atoms in total. The molecule has 0 aliphatic carbocycles. The molecule has 0 atom stereocenters. The number of hydrogen-bond donors (Lipinski definition) is 2. The van der Waals surface area contributed by atoms with Crippen LogP contribution in [0.15, 0.2) is 48.7 Å². The van der Waals surface area contributed by atoms with Gasteiger partial charge in [-0.15, -0.1) is 0 Å². The van der Waals surface area contributed by atoms with Gasteiger partial charge in [-0.05, 0) is 36.7 Å². The summed E-state index contributed by atoms with van der Waals surface area (Å²) in [6, 6.07) is 14.3. The van der Waals surface area contributed by atoms with Crippen LogP contribution in [0.25, 0.3) is 0 Å². The summed E-state index contributed by atoms with van der Waals surface area (Å²) in [4.78, 5) is 4.17. The molecular weight excluding hydrogens is 334 g/mol. The predicted molar refractivity (Wildman–Crippen MR) is 103 cm³/mol. The molecule has 2 heterocycles. The van der Waals surface area contributed by atoms with E-state index in [1.807, 2.05) is 12.1 Å². The summed E-state index contributed by atoms with van der Waals surface area (Å²) in [6.45, 7) is 2.33. The van der Waals surface area contributed by atoms with Gasteiger partial charge in [0.2, 0.25) is 5.88 Å². The molecule has 1 aliphatic rings. The standard InChI is InChI=1S/C19H23N3O2S/c1-23-17-8-7-16(13-20-17)22-18(25)21-14-19(9-11-24-12-10-19)15-5-3-2-4-6-15/h2-8,13H,9-12,14H2,1H3,(H2,21,22,25). The Kier molecular flexibility index (Phi) is 5.83. The van der Waals surface area contributed by atoms with E-state index in [9.17, 15) is 0 Å². The number of nitrogens with zero attached hydrogens (tertiary/aromatic N) is 1. The van der Waals surface area contributed by atoms with Gasteiger partial charge in [-0.25, -0.2) is 4.98 Å². The predicted octanol–water partition coefficient (Wildman–Crippen LogP) is 3.13. The number of ether oxygens (including phenoxy) is 2. The van der Waals surface area contributed by atoms with Gasteiger partial charge in [-0.2, -0.15) is 0 Å². The highest BCUT2D eigenvalue weighted by Gasteiger charge is 2.34. The van der Waals surface area contributed by atoms with E-state index in [1.54, 1.807) is 19.4 Å². The molecule has 1 aromatic heterocycles. The zero-order valence-electron chi connectivity index (χ0n) is 14.3. The Morgan fingerprint density at radius 1 is 1.20 bits per heavy atom. The summed E-state index contributed by atoms with van der Waals surface area (Å²) in [5.41, 5.74) is 2.21. The molecule has 1 aliphatic heterocycles. The Balaban J connectivity index is 1.63. The third-order valence-electron chi connectivity index (χ3n) is 4.63. The van der Waals surface area contributed by atoms with Crippen molar-refractivity contribution in [3.8, 4) is 5.88 Å². The van der Waals surface area contributed by atoms with Gasteiger partial charge in [-0.3, -0.25) is 0 Å². The molecule has 0 saturated carbocycles. The van der Waals surface area contributed by atoms with Crippen LogP contribution in [-0.4, -0.2) is 37.0 Å². The fourth-order valence-corrected chi connectivity index (χ4v) is 3.31. The van der Waals surface area contributed by atoms with E-state index in [0.29, 0.717) is 11.0 Å². The van der Waals surface area contributed by atoms with Crippen molar-refractivity contribution >= 4 is 23.0 Å². The zero-order valence-corrected chi connectivity index (χ0v) is 15.1. The van der Waals surface area contributed by atoms with Crippen LogP contribution in [0.1, 0.15) is 18.4 Å². The zero-order chi connectivity index (χ0) is 17.5. The number of pyridine rings is 1. The first kappa shape index (κ1) is 17.6. The van der Waals surface area contributed by atoms with Gasteiger partial charge in [0, 0.05) is 31.2 Å². The molecule has 132 valence electrons. The molecule has 2 N–H and O–H groups in total. The van der Waals surface area contributed by atoms with Gasteiger partial charge in [-0.1, -0.05) is 30.3 Å². The van der Waals surface area contributed by atoms with Crippen molar-refractivity contribution in [2.24, 2.45) is 0 Å². The maximum atomic E-state index is 5.57. The van der Waals surface area contributed by atoms with Crippen LogP contribution in [0.4, 0.5) is 5.69 Å². The lowest BCUT2D eigenvalue weighted by molar-refractivity contribution is 0.0515. The highest BCUT2D eigenvalue weighted by Crippen LogP contribution is 2.34. The molecular formula is C19H23N3O2S. The number of thiocarbonyl (C=S) groups is 1. The molecule has 0 spiro atoms. The number of aromatic nitrogens is 1. The van der Waals surface area contributed by atoms with Gasteiger partial charge in [0.15, 0.2) is 5.11 Å². The molecule has 0 radical (unpaired) electrons. The van der Waals surface area contributed by atoms with Crippen LogP contribution >= 0.6 is 12.2 Å². The van der Waals surface area contributed by atoms with E-state index in [4.69, 9.17) is 21.7 Å². The SMILES string of the molecule is COc1ccc(NC(=S)NCC2(c3ccccc3)CCOCC2)cn1. The van der Waals surface area contributed by atoms with Gasteiger partial charge in [0.25, 0.3) is 0 Å². The minimum Gasteiger partial charge on any atom is -0.481 e. The molecule has 3 rings (SSSR count). The lowest BCUT2D eigenvalue weighted by Crippen LogP contribution is -2.45. The number of nitrogens with one attached hydrogen (secondary N) is 2. The van der Waals surface area contributed by atoms with Crippen LogP contribution in [0, 0.1) is 0 Å². The summed E-state index contributed by atoms with van der Waals surface area (Å²) in [5.74, 6) is 0.578. The first-order valence-electron chi connectivity index (χ1n) is 8.40. The number of hydrogen-bond acceptors (Lipinski definition) is 4. The summed E-state index contributed by atoms with van der Waals surface area (Å²) in [5, 5.41) is 7.14. The van der Waals surface area contributed by atoms with Crippen molar-refractivity contribution in [1.29, 1.82) is 0 Å². The quantitative estimate of drug-likeness (QED) is 0.802. The molecule has 1 fully saturated rings. The first-order chi connectivity index (χ1) is 12.2. The fraction of sp³-hybridized carbons (Fsp3) is 0.368. The highest BCUT2D eigenvalue weighted by atomic mass is 32.1. The normalized spacial score (nSPS) is 16.0. The van der Waals surface area contributed by atoms with Crippen molar-refractivity contribution in [3.63, 3.8) is 0 Å². The van der Waals surface area contributed by atoms with Crippen LogP contribution < -0.4 is 15.4 Å². The average Bonchev–Trinajstić information content (AvgIpc) is 2.68. The fourth-order valence-electron chi connectivity index (χ4n) is 3.12. The minimum atomic E-state index is 0.0450. The second-order valence-corrected chi connectivity index (χ2v) is 6.56. The van der Waals surface area contributed by atoms with Crippen molar-refractivity contribution in [2.75, 3.05) is 32.2 Å². The largest absolute Gasteiger partial charge is 0.481 e. The maximum Gasteiger partial charge on any atom is 0.213 e. The lowest BCUT2D eigenvalue weighted by Gasteiger charge is -2.38. The summed E-state index contributed by atoms with van der Waals surface area (Å²) in [7, 11) is 1.60. The smallest absolute Gasteiger partial charge is 0.213 e. The second-order valence-electron chi connectivity index (χ2n) is 6.16. The third kappa shape index (κ3) is 4.46. The van der Waals surface area contributed by atoms with E-state index in [2.05, 4.69) is 39.9 Å². The second kappa shape index (κ2) is 8.27. The van der Waals surface area contributed by atoms with Crippen LogP contribution in [-0.2, 0) is 10.2 Å². The molecule has 25 heavy (non-hydrogen) atoms. The van der Waals surface area contributed by atoms with E-state index in [0.717, 1.165) is 38.3 Å². The maximum absolute atomic E-state index is 5.57. The van der Waals surface area contributed by atoms with E-state index in [-0.39, 0.29) is 5.41 Å². The number of benzene rings is 1. The van der Waals surface area contributed by atoms with Crippen molar-refractivity contribution in [2.45, 2.75) is 18.3 Å². The van der Waals surface area contributed by atoms with Crippen molar-refractivity contribution < 1.29 is 9.47 Å². The molecule has 6 heteroatoms. The lowest BCUT2D eigenvalue weighted by atomic mass is 9.74. The van der Waals surface area contributed by atoms with E-state index >= 15 is 0 Å². The molecule has 0 bridgehead atoms. The van der Waals surface area contributed by atoms with Crippen molar-refractivity contribution in [1.82, 2.24) is 10.3 Å². The Morgan fingerprint density at radius 2 is 1.96 bits per heavy atom. The van der Waals surface area contributed by atoms with E-state index in [1.165, 1.54) is 5.56 Å². The minimum absolute atomic E-state index is 0.0450. The van der Waals surface area contributed by atoms with Gasteiger partial charge in [0.05, 0.1) is 19.0 Å². The molecule has 0 unspecified atom stereocenters. The Hall–Kier alpha value is -2.18. The number of anilines is 1. The summed E-state index contributed by atoms with van der Waals surface area (Å²) >= 11 is 5.45. The van der Waals surface area contributed by atoms with Crippen LogP contribution in [0.5, 0.6) is 5.88 Å². The van der Waals surface area contributed by atoms with Gasteiger partial charge >= 0.3 is 0 Å². The van der Waals surface area contributed by atoms with Gasteiger partial charge < -0.3 is 20.1 Å². The number of rotatable bonds is 5. The van der Waals surface area contributed by atoms with Crippen LogP contribution in [0.2, 0.25) is 0 Å². The van der Waals surface area contributed by atoms with Gasteiger partial charge in [0.1, 0.15) is 0 Å². The monoisotopic (exact) mass is 357 g/mol. The highest BCUT2D eigenvalue weighted by molar-refractivity contribution is 7.80. The number of methoxy groups -OCH3 is 1. The average molecular weight is 357 g/mol. The topological polar surface area (TPSA) is 55.4 Å². The van der Waals surface area contributed by atoms with E-state index < -0.39 is 0 Å². The van der Waals surface area contributed by atoms with Crippen molar-refractivity contribution in [3.05, 3.63) is 54.2 Å². The first-order valence-corrected chi connectivity index (χ1v) is 8.81. The molecule has 1 saturated heterocycles. The summed E-state index contributed by atoms with van der Waals surface area (Å²) < 4.78 is 10.6.